The molecule has 3 rings (SSSR count). The second-order valence-electron chi connectivity index (χ2n) is 6.02. The van der Waals surface area contributed by atoms with Crippen LogP contribution in [0.25, 0.3) is 11.5 Å². The number of hydrogen-bond donors (Lipinski definition) is 0. The molecule has 122 valence electrons. The van der Waals surface area contributed by atoms with E-state index < -0.39 is 0 Å². The van der Waals surface area contributed by atoms with E-state index >= 15 is 0 Å². The van der Waals surface area contributed by atoms with Crippen LogP contribution in [0, 0.1) is 0 Å². The first kappa shape index (κ1) is 15.6. The van der Waals surface area contributed by atoms with E-state index in [4.69, 9.17) is 10.2 Å². The van der Waals surface area contributed by atoms with Crippen molar-refractivity contribution in [2.45, 2.75) is 59.8 Å². The van der Waals surface area contributed by atoms with Crippen LogP contribution in [-0.4, -0.2) is 29.6 Å². The minimum atomic E-state index is 0.272. The third-order valence-corrected chi connectivity index (χ3v) is 4.20. The molecule has 0 amide bonds. The van der Waals surface area contributed by atoms with Crippen molar-refractivity contribution in [1.82, 2.24) is 29.6 Å². The van der Waals surface area contributed by atoms with E-state index in [2.05, 4.69) is 44.8 Å². The van der Waals surface area contributed by atoms with E-state index in [-0.39, 0.29) is 5.92 Å². The Morgan fingerprint density at radius 3 is 2.35 bits per heavy atom. The predicted octanol–water partition coefficient (Wildman–Crippen LogP) is 3.12. The molecule has 0 atom stereocenters. The molecule has 0 aliphatic rings. The zero-order valence-electron chi connectivity index (χ0n) is 14.5. The monoisotopic (exact) mass is 312 g/mol. The summed E-state index contributed by atoms with van der Waals surface area (Å²) in [6, 6.07) is 3.93. The average molecular weight is 312 g/mol. The van der Waals surface area contributed by atoms with Crippen molar-refractivity contribution >= 4 is 5.65 Å². The van der Waals surface area contributed by atoms with Gasteiger partial charge in [0.05, 0.1) is 5.69 Å². The molecule has 0 aliphatic carbocycles. The Hall–Kier alpha value is -2.24. The van der Waals surface area contributed by atoms with Gasteiger partial charge in [-0.25, -0.2) is 4.68 Å². The molecule has 6 nitrogen and oxygen atoms in total. The molecule has 0 spiro atoms. The van der Waals surface area contributed by atoms with Gasteiger partial charge in [-0.05, 0) is 37.0 Å². The smallest absolute Gasteiger partial charge is 0.178 e. The number of nitrogens with zero attached hydrogens (tertiary/aromatic N) is 6. The summed E-state index contributed by atoms with van der Waals surface area (Å²) < 4.78 is 3.82. The molecule has 23 heavy (non-hydrogen) atoms. The highest BCUT2D eigenvalue weighted by atomic mass is 15.4. The lowest BCUT2D eigenvalue weighted by Gasteiger charge is -2.08. The molecular formula is C17H24N6. The van der Waals surface area contributed by atoms with Gasteiger partial charge in [-0.1, -0.05) is 34.6 Å². The quantitative estimate of drug-likeness (QED) is 0.726. The van der Waals surface area contributed by atoms with Crippen LogP contribution in [0.4, 0.5) is 0 Å². The van der Waals surface area contributed by atoms with E-state index in [1.807, 2.05) is 21.3 Å². The average Bonchev–Trinajstić information content (AvgIpc) is 3.14. The molecule has 0 saturated carbocycles. The van der Waals surface area contributed by atoms with E-state index in [0.29, 0.717) is 0 Å². The van der Waals surface area contributed by atoms with Crippen molar-refractivity contribution in [1.29, 1.82) is 0 Å². The van der Waals surface area contributed by atoms with Crippen LogP contribution in [0.3, 0.4) is 0 Å². The first-order valence-electron chi connectivity index (χ1n) is 8.42. The van der Waals surface area contributed by atoms with Gasteiger partial charge in [-0.2, -0.15) is 9.61 Å². The van der Waals surface area contributed by atoms with Crippen molar-refractivity contribution in [3.63, 3.8) is 0 Å². The first-order valence-corrected chi connectivity index (χ1v) is 8.42. The highest BCUT2D eigenvalue weighted by Crippen LogP contribution is 2.21. The second kappa shape index (κ2) is 6.10. The fourth-order valence-corrected chi connectivity index (χ4v) is 3.05. The van der Waals surface area contributed by atoms with Gasteiger partial charge in [-0.15, -0.1) is 15.3 Å². The molecule has 3 aromatic heterocycles. The van der Waals surface area contributed by atoms with Gasteiger partial charge in [0.25, 0.3) is 0 Å². The van der Waals surface area contributed by atoms with Gasteiger partial charge >= 0.3 is 0 Å². The molecule has 0 aromatic carbocycles. The maximum atomic E-state index is 4.81. The van der Waals surface area contributed by atoms with E-state index in [9.17, 15) is 0 Å². The second-order valence-corrected chi connectivity index (χ2v) is 6.02. The molecular weight excluding hydrogens is 288 g/mol. The predicted molar refractivity (Wildman–Crippen MR) is 90.1 cm³/mol. The van der Waals surface area contributed by atoms with Crippen molar-refractivity contribution in [3.8, 4) is 5.82 Å². The van der Waals surface area contributed by atoms with Crippen LogP contribution < -0.4 is 0 Å². The van der Waals surface area contributed by atoms with Crippen LogP contribution in [0.2, 0.25) is 0 Å². The molecule has 3 aromatic rings. The zero-order chi connectivity index (χ0) is 16.6. The highest BCUT2D eigenvalue weighted by Gasteiger charge is 2.17. The molecule has 3 heterocycles. The summed E-state index contributed by atoms with van der Waals surface area (Å²) in [5.74, 6) is 1.97. The van der Waals surface area contributed by atoms with Crippen LogP contribution in [-0.2, 0) is 19.3 Å². The van der Waals surface area contributed by atoms with Crippen LogP contribution >= 0.6 is 0 Å². The molecule has 0 aliphatic heterocycles. The fraction of sp³-hybridized carbons (Fsp3) is 0.529. The van der Waals surface area contributed by atoms with E-state index in [0.717, 1.165) is 36.6 Å². The summed E-state index contributed by atoms with van der Waals surface area (Å²) in [6.45, 7) is 10.7. The number of aromatic nitrogens is 6. The summed E-state index contributed by atoms with van der Waals surface area (Å²) in [7, 11) is 0. The molecule has 0 unspecified atom stereocenters. The van der Waals surface area contributed by atoms with Gasteiger partial charge in [-0.3, -0.25) is 0 Å². The van der Waals surface area contributed by atoms with Crippen molar-refractivity contribution in [2.75, 3.05) is 0 Å². The Balaban J connectivity index is 2.20. The van der Waals surface area contributed by atoms with Gasteiger partial charge < -0.3 is 0 Å². The van der Waals surface area contributed by atoms with Gasteiger partial charge in [0, 0.05) is 11.6 Å². The minimum absolute atomic E-state index is 0.272. The molecule has 0 N–H and O–H groups in total. The van der Waals surface area contributed by atoms with Crippen LogP contribution in [0.5, 0.6) is 0 Å². The fourth-order valence-electron chi connectivity index (χ4n) is 3.05. The van der Waals surface area contributed by atoms with Crippen molar-refractivity contribution in [3.05, 3.63) is 34.9 Å². The Bertz CT molecular complexity index is 827. The summed E-state index contributed by atoms with van der Waals surface area (Å²) >= 11 is 0. The molecule has 0 radical (unpaired) electrons. The summed E-state index contributed by atoms with van der Waals surface area (Å²) in [5, 5.41) is 18.0. The lowest BCUT2D eigenvalue weighted by Crippen LogP contribution is -2.09. The number of fused-ring (bicyclic) bond motifs is 1. The standard InChI is InChI=1S/C17H24N6/c1-6-12-13(7-2)20-22(14(12)8-3)16-10-9-15-18-19-17(11(4)5)23(15)21-16/h9-11H,6-8H2,1-5H3. The number of aryl methyl sites for hydroxylation is 1. The Kier molecular flexibility index (Phi) is 4.15. The summed E-state index contributed by atoms with van der Waals surface area (Å²) in [5.41, 5.74) is 4.54. The summed E-state index contributed by atoms with van der Waals surface area (Å²) in [4.78, 5) is 0. The number of rotatable bonds is 5. The van der Waals surface area contributed by atoms with Crippen LogP contribution in [0.15, 0.2) is 12.1 Å². The maximum Gasteiger partial charge on any atom is 0.178 e. The van der Waals surface area contributed by atoms with Crippen LogP contribution in [0.1, 0.15) is 63.3 Å². The van der Waals surface area contributed by atoms with E-state index in [1.54, 1.807) is 0 Å². The summed E-state index contributed by atoms with van der Waals surface area (Å²) in [6.07, 6.45) is 2.88. The first-order chi connectivity index (χ1) is 11.1. The van der Waals surface area contributed by atoms with Crippen molar-refractivity contribution < 1.29 is 0 Å². The lowest BCUT2D eigenvalue weighted by atomic mass is 10.1. The molecule has 0 fully saturated rings. The molecule has 6 heteroatoms. The number of hydrogen-bond acceptors (Lipinski definition) is 4. The maximum absolute atomic E-state index is 4.81. The largest absolute Gasteiger partial charge is 0.217 e. The van der Waals surface area contributed by atoms with Gasteiger partial charge in [0.2, 0.25) is 0 Å². The van der Waals surface area contributed by atoms with E-state index in [1.165, 1.54) is 17.0 Å². The minimum Gasteiger partial charge on any atom is -0.217 e. The Morgan fingerprint density at radius 1 is 0.957 bits per heavy atom. The topological polar surface area (TPSA) is 60.9 Å². The van der Waals surface area contributed by atoms with Crippen molar-refractivity contribution in [2.24, 2.45) is 0 Å². The normalized spacial score (nSPS) is 11.7. The highest BCUT2D eigenvalue weighted by molar-refractivity contribution is 5.41. The Labute approximate surface area is 136 Å². The van der Waals surface area contributed by atoms with Gasteiger partial charge in [0.1, 0.15) is 0 Å². The lowest BCUT2D eigenvalue weighted by molar-refractivity contribution is 0.692. The zero-order valence-corrected chi connectivity index (χ0v) is 14.5. The third-order valence-electron chi connectivity index (χ3n) is 4.20. The molecule has 0 saturated heterocycles. The third kappa shape index (κ3) is 2.52. The SMILES string of the molecule is CCc1nn(-c2ccc3nnc(C(C)C)n3n2)c(CC)c1CC. The molecule has 0 bridgehead atoms. The van der Waals surface area contributed by atoms with Gasteiger partial charge in [0.15, 0.2) is 17.3 Å². The Morgan fingerprint density at radius 2 is 1.74 bits per heavy atom.